The molecule has 0 saturated carbocycles. The van der Waals surface area contributed by atoms with Crippen LogP contribution in [0, 0.1) is 6.92 Å². The van der Waals surface area contributed by atoms with Gasteiger partial charge in [-0.05, 0) is 42.7 Å². The monoisotopic (exact) mass is 319 g/mol. The normalized spacial score (nSPS) is 11.6. The van der Waals surface area contributed by atoms with Gasteiger partial charge in [-0.15, -0.1) is 0 Å². The van der Waals surface area contributed by atoms with Gasteiger partial charge in [0, 0.05) is 13.6 Å². The molecule has 0 bridgehead atoms. The Labute approximate surface area is 132 Å². The van der Waals surface area contributed by atoms with Gasteiger partial charge in [-0.25, -0.2) is 12.7 Å². The minimum absolute atomic E-state index is 0.368. The van der Waals surface area contributed by atoms with Crippen LogP contribution in [-0.2, 0) is 16.4 Å². The number of sulfonamides is 1. The average molecular weight is 319 g/mol. The fourth-order valence-electron chi connectivity index (χ4n) is 2.21. The molecule has 0 N–H and O–H groups in total. The van der Waals surface area contributed by atoms with E-state index in [9.17, 15) is 8.42 Å². The van der Waals surface area contributed by atoms with Crippen LogP contribution in [0.2, 0.25) is 0 Å². The number of hydrogen-bond acceptors (Lipinski definition) is 3. The van der Waals surface area contributed by atoms with Crippen molar-refractivity contribution in [3.63, 3.8) is 0 Å². The fourth-order valence-corrected chi connectivity index (χ4v) is 3.61. The molecular weight excluding hydrogens is 298 g/mol. The predicted molar refractivity (Wildman–Crippen MR) is 87.7 cm³/mol. The van der Waals surface area contributed by atoms with Crippen molar-refractivity contribution in [2.75, 3.05) is 20.7 Å². The van der Waals surface area contributed by atoms with Crippen molar-refractivity contribution in [3.8, 4) is 5.75 Å². The number of benzene rings is 2. The van der Waals surface area contributed by atoms with E-state index in [2.05, 4.69) is 0 Å². The van der Waals surface area contributed by atoms with Gasteiger partial charge in [-0.1, -0.05) is 30.3 Å². The Hall–Kier alpha value is -1.85. The number of ether oxygens (including phenoxy) is 1. The Kier molecular flexibility index (Phi) is 5.21. The lowest BCUT2D eigenvalue weighted by Crippen LogP contribution is -2.29. The van der Waals surface area contributed by atoms with Crippen molar-refractivity contribution < 1.29 is 13.2 Å². The molecular formula is C17H21NO3S. The van der Waals surface area contributed by atoms with Gasteiger partial charge in [0.2, 0.25) is 10.0 Å². The number of methoxy groups -OCH3 is 1. The molecule has 0 spiro atoms. The summed E-state index contributed by atoms with van der Waals surface area (Å²) >= 11 is 0. The molecule has 0 atom stereocenters. The van der Waals surface area contributed by atoms with Crippen LogP contribution in [-0.4, -0.2) is 33.4 Å². The lowest BCUT2D eigenvalue weighted by atomic mass is 10.1. The van der Waals surface area contributed by atoms with Crippen molar-refractivity contribution in [3.05, 3.63) is 59.7 Å². The second kappa shape index (κ2) is 6.94. The molecule has 22 heavy (non-hydrogen) atoms. The molecule has 0 saturated heterocycles. The molecule has 0 unspecified atom stereocenters. The molecule has 0 amide bonds. The minimum atomic E-state index is -3.44. The molecule has 5 heteroatoms. The fraction of sp³-hybridized carbons (Fsp3) is 0.294. The van der Waals surface area contributed by atoms with Crippen LogP contribution < -0.4 is 4.74 Å². The second-order valence-electron chi connectivity index (χ2n) is 5.19. The van der Waals surface area contributed by atoms with Crippen molar-refractivity contribution in [1.29, 1.82) is 0 Å². The van der Waals surface area contributed by atoms with Crippen LogP contribution in [0.1, 0.15) is 11.1 Å². The first-order valence-corrected chi connectivity index (χ1v) is 8.54. The lowest BCUT2D eigenvalue weighted by Gasteiger charge is -2.18. The Bertz CT molecular complexity index is 724. The summed E-state index contributed by atoms with van der Waals surface area (Å²) in [6.07, 6.45) is 0.658. The van der Waals surface area contributed by atoms with Crippen LogP contribution in [0.25, 0.3) is 0 Å². The highest BCUT2D eigenvalue weighted by atomic mass is 32.2. The van der Waals surface area contributed by atoms with Crippen LogP contribution in [0.5, 0.6) is 5.75 Å². The van der Waals surface area contributed by atoms with E-state index in [-0.39, 0.29) is 0 Å². The number of aryl methyl sites for hydroxylation is 1. The van der Waals surface area contributed by atoms with Crippen LogP contribution in [0.15, 0.2) is 53.4 Å². The molecule has 4 nitrogen and oxygen atoms in total. The molecule has 2 rings (SSSR count). The summed E-state index contributed by atoms with van der Waals surface area (Å²) in [6, 6.07) is 14.7. The van der Waals surface area contributed by atoms with Gasteiger partial charge in [-0.2, -0.15) is 0 Å². The van der Waals surface area contributed by atoms with Gasteiger partial charge in [0.15, 0.2) is 0 Å². The quantitative estimate of drug-likeness (QED) is 0.822. The molecule has 0 aliphatic heterocycles. The van der Waals surface area contributed by atoms with Gasteiger partial charge in [-0.3, -0.25) is 0 Å². The summed E-state index contributed by atoms with van der Waals surface area (Å²) in [7, 11) is -0.205. The van der Waals surface area contributed by atoms with Crippen LogP contribution in [0.3, 0.4) is 0 Å². The standard InChI is InChI=1S/C17H21NO3S/c1-14-6-4-5-7-17(14)22(19,20)18(2)13-12-15-8-10-16(21-3)11-9-15/h4-11H,12-13H2,1-3H3. The third-order valence-corrected chi connectivity index (χ3v) is 5.67. The minimum Gasteiger partial charge on any atom is -0.497 e. The summed E-state index contributed by atoms with van der Waals surface area (Å²) in [5.41, 5.74) is 1.84. The van der Waals surface area contributed by atoms with E-state index in [1.165, 1.54) is 4.31 Å². The number of nitrogens with zero attached hydrogens (tertiary/aromatic N) is 1. The Morgan fingerprint density at radius 2 is 1.68 bits per heavy atom. The SMILES string of the molecule is COc1ccc(CCN(C)S(=O)(=O)c2ccccc2C)cc1. The topological polar surface area (TPSA) is 46.6 Å². The molecule has 0 heterocycles. The highest BCUT2D eigenvalue weighted by Gasteiger charge is 2.21. The smallest absolute Gasteiger partial charge is 0.243 e. The second-order valence-corrected chi connectivity index (χ2v) is 7.20. The first-order valence-electron chi connectivity index (χ1n) is 7.10. The first kappa shape index (κ1) is 16.5. The van der Waals surface area contributed by atoms with Crippen LogP contribution >= 0.6 is 0 Å². The molecule has 118 valence electrons. The van der Waals surface area contributed by atoms with E-state index in [1.807, 2.05) is 43.3 Å². The van der Waals surface area contributed by atoms with Crippen molar-refractivity contribution in [1.82, 2.24) is 4.31 Å². The van der Waals surface area contributed by atoms with Crippen molar-refractivity contribution >= 4 is 10.0 Å². The molecule has 0 aliphatic carbocycles. The number of hydrogen-bond donors (Lipinski definition) is 0. The number of likely N-dealkylation sites (N-methyl/N-ethyl adjacent to an activating group) is 1. The molecule has 0 radical (unpaired) electrons. The molecule has 0 aliphatic rings. The zero-order chi connectivity index (χ0) is 16.2. The van der Waals surface area contributed by atoms with E-state index in [0.717, 1.165) is 16.9 Å². The largest absolute Gasteiger partial charge is 0.497 e. The average Bonchev–Trinajstić information content (AvgIpc) is 2.53. The first-order chi connectivity index (χ1) is 10.4. The summed E-state index contributed by atoms with van der Waals surface area (Å²) in [5.74, 6) is 0.796. The zero-order valence-corrected chi connectivity index (χ0v) is 13.9. The number of rotatable bonds is 6. The van der Waals surface area contributed by atoms with Gasteiger partial charge in [0.1, 0.15) is 5.75 Å². The van der Waals surface area contributed by atoms with Gasteiger partial charge >= 0.3 is 0 Å². The summed E-state index contributed by atoms with van der Waals surface area (Å²) in [4.78, 5) is 0.368. The maximum absolute atomic E-state index is 12.6. The third-order valence-electron chi connectivity index (χ3n) is 3.66. The van der Waals surface area contributed by atoms with Gasteiger partial charge in [0.05, 0.1) is 12.0 Å². The van der Waals surface area contributed by atoms with E-state index in [1.54, 1.807) is 26.3 Å². The van der Waals surface area contributed by atoms with Crippen molar-refractivity contribution in [2.24, 2.45) is 0 Å². The molecule has 2 aromatic carbocycles. The van der Waals surface area contributed by atoms with Gasteiger partial charge < -0.3 is 4.74 Å². The molecule has 0 fully saturated rings. The molecule has 0 aromatic heterocycles. The van der Waals surface area contributed by atoms with Crippen molar-refractivity contribution in [2.45, 2.75) is 18.2 Å². The highest BCUT2D eigenvalue weighted by Crippen LogP contribution is 2.19. The van der Waals surface area contributed by atoms with Gasteiger partial charge in [0.25, 0.3) is 0 Å². The van der Waals surface area contributed by atoms with E-state index in [4.69, 9.17) is 4.74 Å². The van der Waals surface area contributed by atoms with Crippen LogP contribution in [0.4, 0.5) is 0 Å². The van der Waals surface area contributed by atoms with E-state index >= 15 is 0 Å². The maximum atomic E-state index is 12.6. The Balaban J connectivity index is 2.08. The summed E-state index contributed by atoms with van der Waals surface area (Å²) in [5, 5.41) is 0. The van der Waals surface area contributed by atoms with E-state index < -0.39 is 10.0 Å². The molecule has 2 aromatic rings. The highest BCUT2D eigenvalue weighted by molar-refractivity contribution is 7.89. The van der Waals surface area contributed by atoms with E-state index in [0.29, 0.717) is 17.9 Å². The zero-order valence-electron chi connectivity index (χ0n) is 13.1. The summed E-state index contributed by atoms with van der Waals surface area (Å²) in [6.45, 7) is 2.24. The predicted octanol–water partition coefficient (Wildman–Crippen LogP) is 2.87. The third kappa shape index (κ3) is 3.67. The Morgan fingerprint density at radius 1 is 1.05 bits per heavy atom. The maximum Gasteiger partial charge on any atom is 0.243 e. The summed E-state index contributed by atoms with van der Waals surface area (Å²) < 4.78 is 31.7. The lowest BCUT2D eigenvalue weighted by molar-refractivity contribution is 0.414. The Morgan fingerprint density at radius 3 is 2.27 bits per heavy atom.